The van der Waals surface area contributed by atoms with Crippen LogP contribution in [0.4, 0.5) is 16.2 Å². The number of para-hydroxylation sites is 2. The number of benzene rings is 3. The Balaban J connectivity index is 1.70. The molecule has 1 aliphatic heterocycles. The minimum absolute atomic E-state index is 0.211. The molecule has 2 amide bonds. The van der Waals surface area contributed by atoms with Crippen molar-refractivity contribution in [1.29, 1.82) is 0 Å². The van der Waals surface area contributed by atoms with Crippen LogP contribution < -0.4 is 25.6 Å². The fraction of sp³-hybridized carbons (Fsp3) is 0.0952. The SMILES string of the molecule is COc1ccc(C2NN(c3ccccc3)C(=O)N(c3ccccc3)N2)cc1. The first-order valence-electron chi connectivity index (χ1n) is 8.67. The van der Waals surface area contributed by atoms with Gasteiger partial charge in [0.25, 0.3) is 0 Å². The van der Waals surface area contributed by atoms with E-state index in [1.54, 1.807) is 17.1 Å². The summed E-state index contributed by atoms with van der Waals surface area (Å²) in [5.74, 6) is 0.783. The lowest BCUT2D eigenvalue weighted by Gasteiger charge is -2.41. The molecule has 4 rings (SSSR count). The van der Waals surface area contributed by atoms with Gasteiger partial charge in [0, 0.05) is 0 Å². The van der Waals surface area contributed by atoms with Crippen LogP contribution in [0.1, 0.15) is 11.7 Å². The van der Waals surface area contributed by atoms with Gasteiger partial charge in [-0.3, -0.25) is 0 Å². The molecule has 2 N–H and O–H groups in total. The lowest BCUT2D eigenvalue weighted by molar-refractivity contribution is 0.231. The van der Waals surface area contributed by atoms with Crippen molar-refractivity contribution in [3.05, 3.63) is 90.5 Å². The molecule has 0 aromatic heterocycles. The molecule has 3 aromatic carbocycles. The van der Waals surface area contributed by atoms with E-state index in [4.69, 9.17) is 4.74 Å². The average Bonchev–Trinajstić information content (AvgIpc) is 2.75. The second-order valence-electron chi connectivity index (χ2n) is 6.09. The molecule has 27 heavy (non-hydrogen) atoms. The van der Waals surface area contributed by atoms with Gasteiger partial charge in [-0.15, -0.1) is 0 Å². The smallest absolute Gasteiger partial charge is 0.358 e. The third kappa shape index (κ3) is 3.48. The van der Waals surface area contributed by atoms with Gasteiger partial charge in [-0.05, 0) is 42.0 Å². The number of hydrazine groups is 2. The molecule has 1 heterocycles. The minimum atomic E-state index is -0.297. The summed E-state index contributed by atoms with van der Waals surface area (Å²) in [5.41, 5.74) is 9.04. The predicted molar refractivity (Wildman–Crippen MR) is 105 cm³/mol. The molecule has 136 valence electrons. The van der Waals surface area contributed by atoms with Crippen LogP contribution >= 0.6 is 0 Å². The number of nitrogens with zero attached hydrogens (tertiary/aromatic N) is 2. The number of urea groups is 1. The second-order valence-corrected chi connectivity index (χ2v) is 6.09. The number of carbonyl (C=O) groups excluding carboxylic acids is 1. The topological polar surface area (TPSA) is 56.8 Å². The Hall–Kier alpha value is -3.35. The highest BCUT2D eigenvalue weighted by Crippen LogP contribution is 2.26. The van der Waals surface area contributed by atoms with Gasteiger partial charge in [-0.1, -0.05) is 48.5 Å². The minimum Gasteiger partial charge on any atom is -0.497 e. The number of nitrogens with one attached hydrogen (secondary N) is 2. The van der Waals surface area contributed by atoms with E-state index in [2.05, 4.69) is 10.9 Å². The lowest BCUT2D eigenvalue weighted by atomic mass is 10.1. The largest absolute Gasteiger partial charge is 0.497 e. The van der Waals surface area contributed by atoms with E-state index in [0.29, 0.717) is 0 Å². The van der Waals surface area contributed by atoms with Gasteiger partial charge in [0.2, 0.25) is 0 Å². The van der Waals surface area contributed by atoms with Crippen LogP contribution in [0.2, 0.25) is 0 Å². The fourth-order valence-electron chi connectivity index (χ4n) is 2.97. The van der Waals surface area contributed by atoms with Gasteiger partial charge in [0.05, 0.1) is 18.5 Å². The van der Waals surface area contributed by atoms with E-state index in [9.17, 15) is 4.79 Å². The van der Waals surface area contributed by atoms with Gasteiger partial charge in [0.1, 0.15) is 11.9 Å². The van der Waals surface area contributed by atoms with Gasteiger partial charge in [0.15, 0.2) is 0 Å². The first-order valence-corrected chi connectivity index (χ1v) is 8.67. The second kappa shape index (κ2) is 7.49. The molecule has 0 unspecified atom stereocenters. The summed E-state index contributed by atoms with van der Waals surface area (Å²) in [5, 5.41) is 3.11. The zero-order valence-corrected chi connectivity index (χ0v) is 14.9. The van der Waals surface area contributed by atoms with Crippen LogP contribution in [0.25, 0.3) is 0 Å². The summed E-state index contributed by atoms with van der Waals surface area (Å²) < 4.78 is 5.24. The van der Waals surface area contributed by atoms with Crippen LogP contribution in [-0.2, 0) is 0 Å². The highest BCUT2D eigenvalue weighted by atomic mass is 16.5. The molecule has 0 aliphatic carbocycles. The molecule has 1 fully saturated rings. The summed E-state index contributed by atoms with van der Waals surface area (Å²) in [7, 11) is 1.64. The van der Waals surface area contributed by atoms with E-state index in [-0.39, 0.29) is 12.2 Å². The van der Waals surface area contributed by atoms with Crippen molar-refractivity contribution in [2.24, 2.45) is 0 Å². The number of methoxy groups -OCH3 is 1. The maximum absolute atomic E-state index is 13.1. The van der Waals surface area contributed by atoms with Crippen molar-refractivity contribution in [3.63, 3.8) is 0 Å². The summed E-state index contributed by atoms with van der Waals surface area (Å²) in [6.07, 6.45) is -0.297. The lowest BCUT2D eigenvalue weighted by Crippen LogP contribution is -2.65. The molecule has 0 spiro atoms. The first kappa shape index (κ1) is 17.1. The molecular formula is C21H20N4O2. The number of carbonyl (C=O) groups is 1. The summed E-state index contributed by atoms with van der Waals surface area (Å²) in [6.45, 7) is 0. The molecule has 0 saturated carbocycles. The standard InChI is InChI=1S/C21H20N4O2/c1-27-19-14-12-16(13-15-19)20-22-24(17-8-4-2-5-9-17)21(26)25(23-20)18-10-6-3-7-11-18/h2-15,20,22-23H,1H3. The van der Waals surface area contributed by atoms with E-state index in [0.717, 1.165) is 22.7 Å². The molecule has 6 nitrogen and oxygen atoms in total. The number of hydrogen-bond donors (Lipinski definition) is 2. The van der Waals surface area contributed by atoms with Gasteiger partial charge < -0.3 is 4.74 Å². The van der Waals surface area contributed by atoms with Crippen LogP contribution in [-0.4, -0.2) is 13.1 Å². The monoisotopic (exact) mass is 360 g/mol. The Kier molecular flexibility index (Phi) is 4.74. The quantitative estimate of drug-likeness (QED) is 0.742. The van der Waals surface area contributed by atoms with E-state index >= 15 is 0 Å². The van der Waals surface area contributed by atoms with Crippen molar-refractivity contribution in [3.8, 4) is 5.75 Å². The summed E-state index contributed by atoms with van der Waals surface area (Å²) in [6, 6.07) is 26.5. The zero-order valence-electron chi connectivity index (χ0n) is 14.9. The third-order valence-electron chi connectivity index (χ3n) is 4.38. The Bertz CT molecular complexity index is 849. The van der Waals surface area contributed by atoms with Gasteiger partial charge in [-0.2, -0.15) is 0 Å². The fourth-order valence-corrected chi connectivity index (χ4v) is 2.97. The van der Waals surface area contributed by atoms with E-state index in [1.807, 2.05) is 84.9 Å². The van der Waals surface area contributed by atoms with Crippen LogP contribution in [0.3, 0.4) is 0 Å². The number of amides is 2. The molecular weight excluding hydrogens is 340 g/mol. The molecule has 0 atom stereocenters. The maximum atomic E-state index is 13.1. The highest BCUT2D eigenvalue weighted by Gasteiger charge is 2.33. The maximum Gasteiger partial charge on any atom is 0.358 e. The number of anilines is 2. The van der Waals surface area contributed by atoms with Crippen molar-refractivity contribution in [2.75, 3.05) is 17.1 Å². The summed E-state index contributed by atoms with van der Waals surface area (Å²) in [4.78, 5) is 13.1. The van der Waals surface area contributed by atoms with Crippen molar-refractivity contribution in [1.82, 2.24) is 10.9 Å². The van der Waals surface area contributed by atoms with E-state index < -0.39 is 0 Å². The Labute approximate surface area is 157 Å². The number of ether oxygens (including phenoxy) is 1. The first-order chi connectivity index (χ1) is 13.3. The number of rotatable bonds is 4. The normalized spacial score (nSPS) is 15.1. The molecule has 6 heteroatoms. The zero-order chi connectivity index (χ0) is 18.6. The molecule has 3 aromatic rings. The van der Waals surface area contributed by atoms with Gasteiger partial charge in [-0.25, -0.2) is 25.7 Å². The summed E-state index contributed by atoms with van der Waals surface area (Å²) >= 11 is 0. The molecule has 0 radical (unpaired) electrons. The predicted octanol–water partition coefficient (Wildman–Crippen LogP) is 3.85. The van der Waals surface area contributed by atoms with Crippen molar-refractivity contribution in [2.45, 2.75) is 6.17 Å². The Morgan fingerprint density at radius 3 is 1.67 bits per heavy atom. The highest BCUT2D eigenvalue weighted by molar-refractivity contribution is 6.03. The van der Waals surface area contributed by atoms with Crippen molar-refractivity contribution < 1.29 is 9.53 Å². The Morgan fingerprint density at radius 2 is 1.22 bits per heavy atom. The average molecular weight is 360 g/mol. The van der Waals surface area contributed by atoms with Crippen molar-refractivity contribution >= 4 is 17.4 Å². The van der Waals surface area contributed by atoms with Crippen LogP contribution in [0.15, 0.2) is 84.9 Å². The van der Waals surface area contributed by atoms with Crippen LogP contribution in [0, 0.1) is 0 Å². The Morgan fingerprint density at radius 1 is 0.741 bits per heavy atom. The number of hydrogen-bond acceptors (Lipinski definition) is 4. The molecule has 1 saturated heterocycles. The van der Waals surface area contributed by atoms with Crippen LogP contribution in [0.5, 0.6) is 5.75 Å². The molecule has 1 aliphatic rings. The van der Waals surface area contributed by atoms with E-state index in [1.165, 1.54) is 0 Å². The van der Waals surface area contributed by atoms with Gasteiger partial charge >= 0.3 is 6.03 Å². The third-order valence-corrected chi connectivity index (χ3v) is 4.38. The molecule has 0 bridgehead atoms.